The predicted octanol–water partition coefficient (Wildman–Crippen LogP) is 5.68. The highest BCUT2D eigenvalue weighted by Gasteiger charge is 2.47. The molecule has 1 amide bonds. The molecule has 1 fully saturated rings. The molecule has 0 radical (unpaired) electrons. The van der Waals surface area contributed by atoms with Gasteiger partial charge in [0.25, 0.3) is 11.7 Å². The SMILES string of the molecule is CCOc1ccc(C2/C(=C(\O)c3cc(Cl)ccc3OC)C(=O)C(=O)N2c2ccc(C)cc2)cc1. The van der Waals surface area contributed by atoms with Gasteiger partial charge in [0.15, 0.2) is 0 Å². The minimum Gasteiger partial charge on any atom is -0.507 e. The Hall–Kier alpha value is -3.77. The average molecular weight is 478 g/mol. The third-order valence-corrected chi connectivity index (χ3v) is 5.92. The lowest BCUT2D eigenvalue weighted by Crippen LogP contribution is -2.29. The molecule has 7 heteroatoms. The van der Waals surface area contributed by atoms with Crippen LogP contribution < -0.4 is 14.4 Å². The molecule has 0 bridgehead atoms. The molecule has 0 saturated carbocycles. The number of hydrogen-bond acceptors (Lipinski definition) is 5. The maximum Gasteiger partial charge on any atom is 0.300 e. The van der Waals surface area contributed by atoms with E-state index < -0.39 is 17.7 Å². The Morgan fingerprint density at radius 2 is 1.71 bits per heavy atom. The molecule has 1 heterocycles. The number of halogens is 1. The van der Waals surface area contributed by atoms with Crippen LogP contribution >= 0.6 is 11.6 Å². The topological polar surface area (TPSA) is 76.1 Å². The summed E-state index contributed by atoms with van der Waals surface area (Å²) in [7, 11) is 1.45. The van der Waals surface area contributed by atoms with Gasteiger partial charge < -0.3 is 14.6 Å². The number of Topliss-reactive ketones (excluding diaryl/α,β-unsaturated/α-hetero) is 1. The van der Waals surface area contributed by atoms with Crippen molar-refractivity contribution in [2.75, 3.05) is 18.6 Å². The number of benzene rings is 3. The minimum atomic E-state index is -0.859. The van der Waals surface area contributed by atoms with E-state index in [1.807, 2.05) is 26.0 Å². The maximum atomic E-state index is 13.3. The van der Waals surface area contributed by atoms with Gasteiger partial charge in [0.05, 0.1) is 30.9 Å². The van der Waals surface area contributed by atoms with Gasteiger partial charge >= 0.3 is 0 Å². The van der Waals surface area contributed by atoms with Gasteiger partial charge in [0.2, 0.25) is 0 Å². The van der Waals surface area contributed by atoms with Crippen molar-refractivity contribution in [1.29, 1.82) is 0 Å². The van der Waals surface area contributed by atoms with Crippen LogP contribution in [-0.2, 0) is 9.59 Å². The molecular formula is C27H24ClNO5. The molecule has 1 aliphatic rings. The molecule has 4 rings (SSSR count). The molecule has 0 aliphatic carbocycles. The molecule has 1 atom stereocenters. The summed E-state index contributed by atoms with van der Waals surface area (Å²) in [5, 5.41) is 11.7. The van der Waals surface area contributed by atoms with Crippen molar-refractivity contribution in [2.24, 2.45) is 0 Å². The molecule has 1 aliphatic heterocycles. The Kier molecular flexibility index (Phi) is 6.61. The van der Waals surface area contributed by atoms with Crippen LogP contribution in [0.4, 0.5) is 5.69 Å². The van der Waals surface area contributed by atoms with E-state index in [0.717, 1.165) is 5.56 Å². The van der Waals surface area contributed by atoms with Crippen LogP contribution in [0.1, 0.15) is 29.7 Å². The fourth-order valence-electron chi connectivity index (χ4n) is 4.04. The zero-order valence-corrected chi connectivity index (χ0v) is 19.8. The summed E-state index contributed by atoms with van der Waals surface area (Å²) in [4.78, 5) is 28.0. The highest BCUT2D eigenvalue weighted by atomic mass is 35.5. The number of methoxy groups -OCH3 is 1. The van der Waals surface area contributed by atoms with E-state index in [4.69, 9.17) is 21.1 Å². The number of anilines is 1. The predicted molar refractivity (Wildman–Crippen MR) is 132 cm³/mol. The molecule has 34 heavy (non-hydrogen) atoms. The molecule has 3 aromatic rings. The molecule has 174 valence electrons. The molecular weight excluding hydrogens is 454 g/mol. The third kappa shape index (κ3) is 4.24. The second-order valence-electron chi connectivity index (χ2n) is 7.85. The smallest absolute Gasteiger partial charge is 0.300 e. The molecule has 1 saturated heterocycles. The normalized spacial score (nSPS) is 17.2. The summed E-state index contributed by atoms with van der Waals surface area (Å²) in [6, 6.07) is 18.3. The Balaban J connectivity index is 1.94. The van der Waals surface area contributed by atoms with Crippen molar-refractivity contribution in [3.63, 3.8) is 0 Å². The summed E-state index contributed by atoms with van der Waals surface area (Å²) in [5.41, 5.74) is 2.39. The summed E-state index contributed by atoms with van der Waals surface area (Å²) in [5.74, 6) is -0.889. The first-order valence-electron chi connectivity index (χ1n) is 10.8. The number of ketones is 1. The van der Waals surface area contributed by atoms with Crippen LogP contribution in [0.25, 0.3) is 5.76 Å². The summed E-state index contributed by atoms with van der Waals surface area (Å²) in [6.45, 7) is 4.33. The molecule has 6 nitrogen and oxygen atoms in total. The van der Waals surface area contributed by atoms with E-state index in [2.05, 4.69) is 0 Å². The summed E-state index contributed by atoms with van der Waals surface area (Å²) >= 11 is 6.16. The van der Waals surface area contributed by atoms with Gasteiger partial charge in [-0.05, 0) is 61.9 Å². The lowest BCUT2D eigenvalue weighted by atomic mass is 9.94. The average Bonchev–Trinajstić information content (AvgIpc) is 3.10. The molecule has 3 aromatic carbocycles. The molecule has 0 spiro atoms. The molecule has 1 unspecified atom stereocenters. The van der Waals surface area contributed by atoms with E-state index >= 15 is 0 Å². The lowest BCUT2D eigenvalue weighted by molar-refractivity contribution is -0.132. The van der Waals surface area contributed by atoms with Gasteiger partial charge in [0.1, 0.15) is 17.3 Å². The van der Waals surface area contributed by atoms with Gasteiger partial charge in [-0.15, -0.1) is 0 Å². The molecule has 1 N–H and O–H groups in total. The van der Waals surface area contributed by atoms with Gasteiger partial charge in [0, 0.05) is 10.7 Å². The first-order valence-corrected chi connectivity index (χ1v) is 11.2. The fraction of sp³-hybridized carbons (Fsp3) is 0.185. The van der Waals surface area contributed by atoms with E-state index in [1.54, 1.807) is 48.5 Å². The Morgan fingerprint density at radius 3 is 2.32 bits per heavy atom. The van der Waals surface area contributed by atoms with E-state index in [0.29, 0.717) is 34.4 Å². The van der Waals surface area contributed by atoms with Crippen molar-refractivity contribution in [2.45, 2.75) is 19.9 Å². The third-order valence-electron chi connectivity index (χ3n) is 5.68. The first-order chi connectivity index (χ1) is 16.3. The highest BCUT2D eigenvalue weighted by molar-refractivity contribution is 6.51. The minimum absolute atomic E-state index is 0.0460. The monoisotopic (exact) mass is 477 g/mol. The van der Waals surface area contributed by atoms with Crippen LogP contribution in [0.3, 0.4) is 0 Å². The lowest BCUT2D eigenvalue weighted by Gasteiger charge is -2.26. The van der Waals surface area contributed by atoms with Crippen molar-refractivity contribution in [1.82, 2.24) is 0 Å². The fourth-order valence-corrected chi connectivity index (χ4v) is 4.22. The Morgan fingerprint density at radius 1 is 1.03 bits per heavy atom. The maximum absolute atomic E-state index is 13.3. The van der Waals surface area contributed by atoms with Crippen molar-refractivity contribution < 1.29 is 24.2 Å². The van der Waals surface area contributed by atoms with E-state index in [1.165, 1.54) is 18.1 Å². The van der Waals surface area contributed by atoms with Crippen LogP contribution in [-0.4, -0.2) is 30.5 Å². The van der Waals surface area contributed by atoms with Gasteiger partial charge in [-0.1, -0.05) is 41.4 Å². The Labute approximate surface area is 203 Å². The van der Waals surface area contributed by atoms with Crippen molar-refractivity contribution in [3.8, 4) is 11.5 Å². The summed E-state index contributed by atoms with van der Waals surface area (Å²) < 4.78 is 10.9. The van der Waals surface area contributed by atoms with E-state index in [-0.39, 0.29) is 16.9 Å². The van der Waals surface area contributed by atoms with Crippen molar-refractivity contribution >= 4 is 34.7 Å². The summed E-state index contributed by atoms with van der Waals surface area (Å²) in [6.07, 6.45) is 0. The van der Waals surface area contributed by atoms with Crippen LogP contribution in [0.2, 0.25) is 5.02 Å². The number of amides is 1. The number of aliphatic hydroxyl groups is 1. The zero-order valence-electron chi connectivity index (χ0n) is 19.0. The number of carbonyl (C=O) groups is 2. The number of carbonyl (C=O) groups excluding carboxylic acids is 2. The van der Waals surface area contributed by atoms with Gasteiger partial charge in [-0.2, -0.15) is 0 Å². The quantitative estimate of drug-likeness (QED) is 0.281. The van der Waals surface area contributed by atoms with Crippen LogP contribution in [0, 0.1) is 6.92 Å². The number of ether oxygens (including phenoxy) is 2. The highest BCUT2D eigenvalue weighted by Crippen LogP contribution is 2.43. The standard InChI is InChI=1S/C27H24ClNO5/c1-4-34-20-12-7-17(8-13-20)24-23(25(30)21-15-18(28)9-14-22(21)33-3)26(31)27(32)29(24)19-10-5-16(2)6-11-19/h5-15,24,30H,4H2,1-3H3/b25-23+. The number of hydrogen-bond donors (Lipinski definition) is 1. The Bertz CT molecular complexity index is 1270. The largest absolute Gasteiger partial charge is 0.507 e. The van der Waals surface area contributed by atoms with Crippen LogP contribution in [0.15, 0.2) is 72.3 Å². The van der Waals surface area contributed by atoms with Gasteiger partial charge in [-0.25, -0.2) is 0 Å². The zero-order chi connectivity index (χ0) is 24.4. The van der Waals surface area contributed by atoms with Crippen LogP contribution in [0.5, 0.6) is 11.5 Å². The van der Waals surface area contributed by atoms with E-state index in [9.17, 15) is 14.7 Å². The second-order valence-corrected chi connectivity index (χ2v) is 8.29. The number of rotatable bonds is 6. The van der Waals surface area contributed by atoms with Gasteiger partial charge in [-0.3, -0.25) is 14.5 Å². The first kappa shape index (κ1) is 23.4. The molecule has 0 aromatic heterocycles. The second kappa shape index (κ2) is 9.61. The number of nitrogens with zero attached hydrogens (tertiary/aromatic N) is 1. The number of aryl methyl sites for hydroxylation is 1. The number of aliphatic hydroxyl groups excluding tert-OH is 1. The van der Waals surface area contributed by atoms with Crippen molar-refractivity contribution in [3.05, 3.63) is 94.0 Å².